The van der Waals surface area contributed by atoms with E-state index in [1.165, 1.54) is 5.56 Å². The Labute approximate surface area is 170 Å². The normalized spacial score (nSPS) is 15.5. The first-order valence-corrected chi connectivity index (χ1v) is 10.9. The summed E-state index contributed by atoms with van der Waals surface area (Å²) in [7, 11) is 0. The van der Waals surface area contributed by atoms with Crippen molar-refractivity contribution in [3.05, 3.63) is 66.2 Å². The number of amides is 1. The number of likely N-dealkylation sites (tertiary alicyclic amines) is 1. The molecule has 28 heavy (non-hydrogen) atoms. The molecule has 150 valence electrons. The zero-order valence-corrected chi connectivity index (χ0v) is 17.2. The molecule has 2 aromatic carbocycles. The monoisotopic (exact) mass is 378 g/mol. The van der Waals surface area contributed by atoms with E-state index < -0.39 is 0 Å². The Morgan fingerprint density at radius 2 is 1.61 bits per heavy atom. The number of para-hydroxylation sites is 1. The minimum Gasteiger partial charge on any atom is -0.309 e. The summed E-state index contributed by atoms with van der Waals surface area (Å²) in [4.78, 5) is 17.7. The standard InChI is InChI=1S/C25H34N2O/c1-2-3-6-15-25(28)27(23-13-9-5-10-14-23)24-17-20-26(21-18-24)19-16-22-11-7-4-8-12-22/h4-5,7-14,24H,2-3,6,15-21H2,1H3. The maximum absolute atomic E-state index is 13.0. The van der Waals surface area contributed by atoms with Crippen molar-refractivity contribution >= 4 is 11.6 Å². The largest absolute Gasteiger partial charge is 0.309 e. The van der Waals surface area contributed by atoms with Gasteiger partial charge in [0.05, 0.1) is 0 Å². The second-order valence-corrected chi connectivity index (χ2v) is 7.86. The first-order valence-electron chi connectivity index (χ1n) is 10.9. The van der Waals surface area contributed by atoms with Gasteiger partial charge in [0, 0.05) is 37.8 Å². The summed E-state index contributed by atoms with van der Waals surface area (Å²) >= 11 is 0. The Kier molecular flexibility index (Phi) is 8.10. The van der Waals surface area contributed by atoms with Crippen LogP contribution in [-0.4, -0.2) is 36.5 Å². The minimum absolute atomic E-state index is 0.294. The van der Waals surface area contributed by atoms with Crippen LogP contribution in [0.5, 0.6) is 0 Å². The van der Waals surface area contributed by atoms with Crippen molar-refractivity contribution in [2.75, 3.05) is 24.5 Å². The number of benzene rings is 2. The van der Waals surface area contributed by atoms with Crippen molar-refractivity contribution < 1.29 is 4.79 Å². The number of rotatable bonds is 9. The lowest BCUT2D eigenvalue weighted by atomic mass is 10.0. The maximum Gasteiger partial charge on any atom is 0.227 e. The lowest BCUT2D eigenvalue weighted by Crippen LogP contribution is -2.48. The molecule has 1 fully saturated rings. The molecule has 0 aliphatic carbocycles. The molecule has 1 aliphatic rings. The van der Waals surface area contributed by atoms with Crippen LogP contribution in [0, 0.1) is 0 Å². The summed E-state index contributed by atoms with van der Waals surface area (Å²) in [5.74, 6) is 0.294. The van der Waals surface area contributed by atoms with Gasteiger partial charge in [-0.2, -0.15) is 0 Å². The van der Waals surface area contributed by atoms with Crippen molar-refractivity contribution in [3.63, 3.8) is 0 Å². The molecule has 1 heterocycles. The Bertz CT molecular complexity index is 693. The molecule has 1 amide bonds. The van der Waals surface area contributed by atoms with Gasteiger partial charge in [0.15, 0.2) is 0 Å². The third kappa shape index (κ3) is 5.93. The fourth-order valence-corrected chi connectivity index (χ4v) is 4.13. The molecule has 0 saturated carbocycles. The van der Waals surface area contributed by atoms with E-state index in [0.717, 1.165) is 63.8 Å². The number of nitrogens with zero attached hydrogens (tertiary/aromatic N) is 2. The lowest BCUT2D eigenvalue weighted by Gasteiger charge is -2.38. The predicted octanol–water partition coefficient (Wildman–Crippen LogP) is 5.31. The van der Waals surface area contributed by atoms with Crippen LogP contribution in [0.1, 0.15) is 51.0 Å². The van der Waals surface area contributed by atoms with Gasteiger partial charge in [-0.05, 0) is 43.4 Å². The van der Waals surface area contributed by atoms with Crippen molar-refractivity contribution in [2.24, 2.45) is 0 Å². The molecule has 0 N–H and O–H groups in total. The van der Waals surface area contributed by atoms with E-state index in [4.69, 9.17) is 0 Å². The van der Waals surface area contributed by atoms with Gasteiger partial charge in [-0.25, -0.2) is 0 Å². The zero-order chi connectivity index (χ0) is 19.6. The molecular weight excluding hydrogens is 344 g/mol. The SMILES string of the molecule is CCCCCC(=O)N(c1ccccc1)C1CCN(CCc2ccccc2)CC1. The van der Waals surface area contributed by atoms with Crippen LogP contribution in [0.2, 0.25) is 0 Å². The van der Waals surface area contributed by atoms with Crippen LogP contribution in [-0.2, 0) is 11.2 Å². The Morgan fingerprint density at radius 3 is 2.25 bits per heavy atom. The Balaban J connectivity index is 1.57. The smallest absolute Gasteiger partial charge is 0.227 e. The highest BCUT2D eigenvalue weighted by Crippen LogP contribution is 2.25. The van der Waals surface area contributed by atoms with Gasteiger partial charge >= 0.3 is 0 Å². The number of hydrogen-bond donors (Lipinski definition) is 0. The molecule has 2 aromatic rings. The molecule has 0 radical (unpaired) electrons. The van der Waals surface area contributed by atoms with Crippen LogP contribution in [0.4, 0.5) is 5.69 Å². The third-order valence-corrected chi connectivity index (χ3v) is 5.78. The van der Waals surface area contributed by atoms with Crippen molar-refractivity contribution in [1.82, 2.24) is 4.90 Å². The lowest BCUT2D eigenvalue weighted by molar-refractivity contribution is -0.119. The van der Waals surface area contributed by atoms with Crippen LogP contribution >= 0.6 is 0 Å². The number of piperidine rings is 1. The van der Waals surface area contributed by atoms with Gasteiger partial charge in [-0.1, -0.05) is 68.3 Å². The minimum atomic E-state index is 0.294. The average Bonchev–Trinajstić information content (AvgIpc) is 2.75. The highest BCUT2D eigenvalue weighted by Gasteiger charge is 2.28. The molecule has 1 saturated heterocycles. The summed E-state index contributed by atoms with van der Waals surface area (Å²) in [5.41, 5.74) is 2.47. The van der Waals surface area contributed by atoms with E-state index in [2.05, 4.69) is 59.2 Å². The van der Waals surface area contributed by atoms with Crippen LogP contribution in [0.15, 0.2) is 60.7 Å². The molecule has 0 atom stereocenters. The summed E-state index contributed by atoms with van der Waals surface area (Å²) in [6, 6.07) is 21.3. The molecule has 0 aromatic heterocycles. The highest BCUT2D eigenvalue weighted by molar-refractivity contribution is 5.93. The van der Waals surface area contributed by atoms with Gasteiger partial charge in [0.25, 0.3) is 0 Å². The topological polar surface area (TPSA) is 23.6 Å². The van der Waals surface area contributed by atoms with Gasteiger partial charge < -0.3 is 9.80 Å². The molecule has 3 rings (SSSR count). The summed E-state index contributed by atoms with van der Waals surface area (Å²) in [5, 5.41) is 0. The number of hydrogen-bond acceptors (Lipinski definition) is 2. The van der Waals surface area contributed by atoms with Crippen molar-refractivity contribution in [1.29, 1.82) is 0 Å². The van der Waals surface area contributed by atoms with Gasteiger partial charge in [0.1, 0.15) is 0 Å². The molecule has 3 nitrogen and oxygen atoms in total. The summed E-state index contributed by atoms with van der Waals surface area (Å²) in [6.45, 7) is 5.43. The van der Waals surface area contributed by atoms with E-state index in [-0.39, 0.29) is 0 Å². The van der Waals surface area contributed by atoms with Gasteiger partial charge in [0.2, 0.25) is 5.91 Å². The first-order chi connectivity index (χ1) is 13.8. The van der Waals surface area contributed by atoms with E-state index in [0.29, 0.717) is 18.4 Å². The first kappa shape index (κ1) is 20.6. The van der Waals surface area contributed by atoms with Gasteiger partial charge in [-0.15, -0.1) is 0 Å². The van der Waals surface area contributed by atoms with Crippen molar-refractivity contribution in [2.45, 2.75) is 57.9 Å². The van der Waals surface area contributed by atoms with Gasteiger partial charge in [-0.3, -0.25) is 4.79 Å². The van der Waals surface area contributed by atoms with E-state index in [9.17, 15) is 4.79 Å². The number of carbonyl (C=O) groups is 1. The second kappa shape index (κ2) is 11.0. The number of carbonyl (C=O) groups excluding carboxylic acids is 1. The fourth-order valence-electron chi connectivity index (χ4n) is 4.13. The van der Waals surface area contributed by atoms with Crippen LogP contribution < -0.4 is 4.90 Å². The predicted molar refractivity (Wildman–Crippen MR) is 118 cm³/mol. The van der Waals surface area contributed by atoms with E-state index >= 15 is 0 Å². The molecule has 1 aliphatic heterocycles. The molecule has 0 spiro atoms. The van der Waals surface area contributed by atoms with Crippen LogP contribution in [0.25, 0.3) is 0 Å². The number of anilines is 1. The van der Waals surface area contributed by atoms with Crippen molar-refractivity contribution in [3.8, 4) is 0 Å². The fraction of sp³-hybridized carbons (Fsp3) is 0.480. The van der Waals surface area contributed by atoms with Crippen LogP contribution in [0.3, 0.4) is 0 Å². The molecule has 3 heteroatoms. The molecular formula is C25H34N2O. The van der Waals surface area contributed by atoms with E-state index in [1.54, 1.807) is 0 Å². The Morgan fingerprint density at radius 1 is 0.964 bits per heavy atom. The molecule has 0 bridgehead atoms. The Hall–Kier alpha value is -2.13. The van der Waals surface area contributed by atoms with E-state index in [1.807, 2.05) is 18.2 Å². The third-order valence-electron chi connectivity index (χ3n) is 5.78. The summed E-state index contributed by atoms with van der Waals surface area (Å²) < 4.78 is 0. The second-order valence-electron chi connectivity index (χ2n) is 7.86. The quantitative estimate of drug-likeness (QED) is 0.552. The summed E-state index contributed by atoms with van der Waals surface area (Å²) in [6.07, 6.45) is 7.16. The highest BCUT2D eigenvalue weighted by atomic mass is 16.2. The average molecular weight is 379 g/mol. The maximum atomic E-state index is 13.0. The molecule has 0 unspecified atom stereocenters. The zero-order valence-electron chi connectivity index (χ0n) is 17.2. The number of unbranched alkanes of at least 4 members (excludes halogenated alkanes) is 2.